The summed E-state index contributed by atoms with van der Waals surface area (Å²) in [6, 6.07) is -0.0557. The van der Waals surface area contributed by atoms with Crippen molar-refractivity contribution in [3.8, 4) is 0 Å². The van der Waals surface area contributed by atoms with Crippen LogP contribution < -0.4 is 16.0 Å². The Morgan fingerprint density at radius 2 is 1.66 bits per heavy atom. The van der Waals surface area contributed by atoms with Crippen LogP contribution in [0.25, 0.3) is 0 Å². The quantitative estimate of drug-likeness (QED) is 0.504. The van der Waals surface area contributed by atoms with Crippen molar-refractivity contribution in [2.75, 3.05) is 39.9 Å². The molecule has 3 aliphatic rings. The maximum absolute atomic E-state index is 12.7. The first-order valence-electron chi connectivity index (χ1n) is 11.7. The summed E-state index contributed by atoms with van der Waals surface area (Å²) in [6.07, 6.45) is 6.51. The predicted molar refractivity (Wildman–Crippen MR) is 123 cm³/mol. The minimum atomic E-state index is -0.980. The lowest BCUT2D eigenvalue weighted by molar-refractivity contribution is -0.152. The number of piperidine rings is 2. The predicted octanol–water partition coefficient (Wildman–Crippen LogP) is 1.59. The molecular weight excluding hydrogens is 436 g/mol. The number of nitrogens with zero attached hydrogens (tertiary/aromatic N) is 1. The molecule has 0 unspecified atom stereocenters. The molecule has 0 spiro atoms. The molecule has 10 heteroatoms. The molecular formula is C22H39ClN4O5. The van der Waals surface area contributed by atoms with E-state index in [9.17, 15) is 14.4 Å². The van der Waals surface area contributed by atoms with Crippen molar-refractivity contribution in [2.45, 2.75) is 76.0 Å². The number of urea groups is 1. The van der Waals surface area contributed by atoms with Crippen molar-refractivity contribution >= 4 is 30.3 Å². The molecule has 0 aromatic rings. The highest BCUT2D eigenvalue weighted by Crippen LogP contribution is 2.30. The van der Waals surface area contributed by atoms with Gasteiger partial charge in [0.25, 0.3) is 0 Å². The molecule has 3 amide bonds. The molecule has 2 aliphatic heterocycles. The van der Waals surface area contributed by atoms with E-state index in [0.717, 1.165) is 32.5 Å². The zero-order valence-corrected chi connectivity index (χ0v) is 20.1. The van der Waals surface area contributed by atoms with Crippen molar-refractivity contribution in [3.05, 3.63) is 0 Å². The van der Waals surface area contributed by atoms with E-state index >= 15 is 0 Å². The standard InChI is InChI=1S/C22H38N4O5.ClH/c1-16(27)25-22(20(28)30-2)9-3-18(4-10-22)24-21(29)26-13-7-19(8-14-26)31-15-17-5-11-23-12-6-17;/h17-19,23H,3-15H2,1-2H3,(H,24,29)(H,25,27);1H/t18-,22+;. The van der Waals surface area contributed by atoms with Gasteiger partial charge in [-0.25, -0.2) is 9.59 Å². The van der Waals surface area contributed by atoms with Gasteiger partial charge in [-0.2, -0.15) is 0 Å². The number of hydrogen-bond donors (Lipinski definition) is 3. The van der Waals surface area contributed by atoms with Gasteiger partial charge in [0.2, 0.25) is 5.91 Å². The summed E-state index contributed by atoms with van der Waals surface area (Å²) >= 11 is 0. The van der Waals surface area contributed by atoms with Crippen molar-refractivity contribution in [2.24, 2.45) is 5.92 Å². The summed E-state index contributed by atoms with van der Waals surface area (Å²) in [5.74, 6) is -0.0133. The normalized spacial score (nSPS) is 27.2. The maximum atomic E-state index is 12.7. The third-order valence-electron chi connectivity index (χ3n) is 6.91. The van der Waals surface area contributed by atoms with E-state index in [1.807, 2.05) is 4.90 Å². The van der Waals surface area contributed by atoms with Crippen LogP contribution in [-0.4, -0.2) is 80.4 Å². The Morgan fingerprint density at radius 1 is 1.03 bits per heavy atom. The molecule has 184 valence electrons. The third-order valence-corrected chi connectivity index (χ3v) is 6.91. The van der Waals surface area contributed by atoms with Crippen LogP contribution in [0, 0.1) is 5.92 Å². The monoisotopic (exact) mass is 474 g/mol. The Morgan fingerprint density at radius 3 is 2.22 bits per heavy atom. The number of rotatable bonds is 6. The average Bonchev–Trinajstić information content (AvgIpc) is 2.79. The topological polar surface area (TPSA) is 109 Å². The van der Waals surface area contributed by atoms with Gasteiger partial charge < -0.3 is 30.3 Å². The van der Waals surface area contributed by atoms with Crippen LogP contribution in [0.4, 0.5) is 4.79 Å². The van der Waals surface area contributed by atoms with Crippen LogP contribution in [0.1, 0.15) is 58.3 Å². The fraction of sp³-hybridized carbons (Fsp3) is 0.864. The van der Waals surface area contributed by atoms with Gasteiger partial charge in [0.15, 0.2) is 0 Å². The van der Waals surface area contributed by atoms with Crippen LogP contribution >= 0.6 is 12.4 Å². The Kier molecular flexibility index (Phi) is 10.5. The van der Waals surface area contributed by atoms with Gasteiger partial charge in [-0.15, -0.1) is 12.4 Å². The Balaban J connectivity index is 0.00000363. The number of methoxy groups -OCH3 is 1. The fourth-order valence-electron chi connectivity index (χ4n) is 4.98. The zero-order valence-electron chi connectivity index (χ0n) is 19.3. The molecule has 0 aromatic carbocycles. The van der Waals surface area contributed by atoms with E-state index in [0.29, 0.717) is 44.7 Å². The second-order valence-electron chi connectivity index (χ2n) is 9.19. The Hall–Kier alpha value is -1.58. The van der Waals surface area contributed by atoms with Gasteiger partial charge in [-0.1, -0.05) is 0 Å². The van der Waals surface area contributed by atoms with Gasteiger partial charge in [0.05, 0.1) is 13.2 Å². The lowest BCUT2D eigenvalue weighted by Gasteiger charge is -2.39. The lowest BCUT2D eigenvalue weighted by Crippen LogP contribution is -2.59. The number of halogens is 1. The minimum absolute atomic E-state index is 0. The molecule has 0 radical (unpaired) electrons. The molecule has 3 rings (SSSR count). The van der Waals surface area contributed by atoms with E-state index in [1.54, 1.807) is 0 Å². The first kappa shape index (κ1) is 26.7. The summed E-state index contributed by atoms with van der Waals surface area (Å²) in [6.45, 7) is 5.80. The molecule has 9 nitrogen and oxygen atoms in total. The van der Waals surface area contributed by atoms with Gasteiger partial charge in [-0.05, 0) is 70.4 Å². The molecule has 0 atom stereocenters. The van der Waals surface area contributed by atoms with Crippen molar-refractivity contribution in [1.82, 2.24) is 20.9 Å². The summed E-state index contributed by atoms with van der Waals surface area (Å²) in [7, 11) is 1.33. The van der Waals surface area contributed by atoms with Crippen LogP contribution in [0.15, 0.2) is 0 Å². The number of nitrogens with one attached hydrogen (secondary N) is 3. The number of esters is 1. The highest BCUT2D eigenvalue weighted by atomic mass is 35.5. The molecule has 1 aliphatic carbocycles. The summed E-state index contributed by atoms with van der Waals surface area (Å²) in [5, 5.41) is 9.26. The van der Waals surface area contributed by atoms with E-state index in [4.69, 9.17) is 9.47 Å². The zero-order chi connectivity index (χ0) is 22.3. The van der Waals surface area contributed by atoms with Crippen LogP contribution in [0.2, 0.25) is 0 Å². The summed E-state index contributed by atoms with van der Waals surface area (Å²) in [5.41, 5.74) is -0.980. The second kappa shape index (κ2) is 12.6. The number of carbonyl (C=O) groups excluding carboxylic acids is 3. The molecule has 0 bridgehead atoms. The van der Waals surface area contributed by atoms with Gasteiger partial charge in [0.1, 0.15) is 5.54 Å². The third kappa shape index (κ3) is 7.22. The Bertz CT molecular complexity index is 628. The van der Waals surface area contributed by atoms with Gasteiger partial charge in [0, 0.05) is 32.7 Å². The summed E-state index contributed by atoms with van der Waals surface area (Å²) < 4.78 is 11.0. The molecule has 3 N–H and O–H groups in total. The SMILES string of the molecule is COC(=O)[C@]1(NC(C)=O)CC[C@@H](NC(=O)N2CCC(OCC3CCNCC3)CC2)CC1.Cl. The van der Waals surface area contributed by atoms with Crippen LogP contribution in [0.3, 0.4) is 0 Å². The molecule has 2 saturated heterocycles. The number of hydrogen-bond acceptors (Lipinski definition) is 6. The molecule has 0 aromatic heterocycles. The maximum Gasteiger partial charge on any atom is 0.331 e. The number of amides is 3. The Labute approximate surface area is 197 Å². The first-order chi connectivity index (χ1) is 14.9. The van der Waals surface area contributed by atoms with E-state index in [-0.39, 0.29) is 36.5 Å². The first-order valence-corrected chi connectivity index (χ1v) is 11.7. The average molecular weight is 475 g/mol. The fourth-order valence-corrected chi connectivity index (χ4v) is 4.98. The van der Waals surface area contributed by atoms with E-state index < -0.39 is 11.5 Å². The number of ether oxygens (including phenoxy) is 2. The molecule has 1 saturated carbocycles. The van der Waals surface area contributed by atoms with Gasteiger partial charge >= 0.3 is 12.0 Å². The lowest BCUT2D eigenvalue weighted by atomic mass is 9.79. The van der Waals surface area contributed by atoms with Crippen molar-refractivity contribution in [3.63, 3.8) is 0 Å². The van der Waals surface area contributed by atoms with Crippen molar-refractivity contribution in [1.29, 1.82) is 0 Å². The van der Waals surface area contributed by atoms with Crippen molar-refractivity contribution < 1.29 is 23.9 Å². The molecule has 2 heterocycles. The number of likely N-dealkylation sites (tertiary alicyclic amines) is 1. The van der Waals surface area contributed by atoms with Gasteiger partial charge in [-0.3, -0.25) is 4.79 Å². The van der Waals surface area contributed by atoms with Crippen LogP contribution in [0.5, 0.6) is 0 Å². The molecule has 32 heavy (non-hydrogen) atoms. The second-order valence-corrected chi connectivity index (χ2v) is 9.19. The van der Waals surface area contributed by atoms with Crippen LogP contribution in [-0.2, 0) is 19.1 Å². The van der Waals surface area contributed by atoms with E-state index in [2.05, 4.69) is 16.0 Å². The largest absolute Gasteiger partial charge is 0.467 e. The summed E-state index contributed by atoms with van der Waals surface area (Å²) in [4.78, 5) is 38.4. The van der Waals surface area contributed by atoms with E-state index in [1.165, 1.54) is 26.9 Å². The highest BCUT2D eigenvalue weighted by Gasteiger charge is 2.44. The molecule has 3 fully saturated rings. The minimum Gasteiger partial charge on any atom is -0.467 e. The highest BCUT2D eigenvalue weighted by molar-refractivity contribution is 5.87. The smallest absolute Gasteiger partial charge is 0.331 e. The number of carbonyl (C=O) groups is 3.